The summed E-state index contributed by atoms with van der Waals surface area (Å²) in [7, 11) is 1.41. The summed E-state index contributed by atoms with van der Waals surface area (Å²) in [5.41, 5.74) is -0.0786. The zero-order chi connectivity index (χ0) is 13.0. The van der Waals surface area contributed by atoms with Gasteiger partial charge in [0.1, 0.15) is 12.4 Å². The second kappa shape index (κ2) is 5.68. The summed E-state index contributed by atoms with van der Waals surface area (Å²) in [5.74, 6) is 0.726. The molecule has 6 nitrogen and oxygen atoms in total. The smallest absolute Gasteiger partial charge is 0.314 e. The quantitative estimate of drug-likeness (QED) is 0.454. The van der Waals surface area contributed by atoms with Crippen LogP contribution in [0.3, 0.4) is 0 Å². The van der Waals surface area contributed by atoms with E-state index in [4.69, 9.17) is 9.47 Å². The molecule has 2 rings (SSSR count). The van der Waals surface area contributed by atoms with Crippen molar-refractivity contribution in [3.8, 4) is 11.5 Å². The van der Waals surface area contributed by atoms with Gasteiger partial charge in [0, 0.05) is 12.6 Å². The van der Waals surface area contributed by atoms with Crippen LogP contribution >= 0.6 is 0 Å². The van der Waals surface area contributed by atoms with E-state index in [1.54, 1.807) is 12.1 Å². The fraction of sp³-hybridized carbons (Fsp3) is 0.500. The first-order valence-corrected chi connectivity index (χ1v) is 5.89. The average molecular weight is 252 g/mol. The van der Waals surface area contributed by atoms with Crippen molar-refractivity contribution in [2.24, 2.45) is 0 Å². The van der Waals surface area contributed by atoms with Crippen molar-refractivity contribution in [2.75, 3.05) is 20.3 Å². The van der Waals surface area contributed by atoms with E-state index in [9.17, 15) is 10.1 Å². The lowest BCUT2D eigenvalue weighted by molar-refractivity contribution is -0.385. The lowest BCUT2D eigenvalue weighted by atomic mass is 10.3. The van der Waals surface area contributed by atoms with Crippen molar-refractivity contribution < 1.29 is 14.4 Å². The molecular weight excluding hydrogens is 236 g/mol. The molecule has 0 bridgehead atoms. The van der Waals surface area contributed by atoms with Gasteiger partial charge in [-0.2, -0.15) is 0 Å². The van der Waals surface area contributed by atoms with Gasteiger partial charge in [-0.3, -0.25) is 10.1 Å². The van der Waals surface area contributed by atoms with Gasteiger partial charge in [-0.05, 0) is 25.0 Å². The molecule has 0 atom stereocenters. The SMILES string of the molecule is COc1ccc(OCCNC2CC2)cc1[N+](=O)[O-]. The maximum atomic E-state index is 10.8. The highest BCUT2D eigenvalue weighted by Crippen LogP contribution is 2.30. The van der Waals surface area contributed by atoms with Gasteiger partial charge in [-0.25, -0.2) is 0 Å². The minimum absolute atomic E-state index is 0.0786. The largest absolute Gasteiger partial charge is 0.492 e. The van der Waals surface area contributed by atoms with E-state index in [0.29, 0.717) is 18.4 Å². The summed E-state index contributed by atoms with van der Waals surface area (Å²) in [6, 6.07) is 5.24. The molecule has 0 spiro atoms. The summed E-state index contributed by atoms with van der Waals surface area (Å²) in [6.45, 7) is 1.25. The Balaban J connectivity index is 1.90. The Kier molecular flexibility index (Phi) is 3.99. The maximum absolute atomic E-state index is 10.8. The molecule has 1 aromatic carbocycles. The molecule has 18 heavy (non-hydrogen) atoms. The zero-order valence-electron chi connectivity index (χ0n) is 10.2. The predicted octanol–water partition coefficient (Wildman–Crippen LogP) is 1.73. The van der Waals surface area contributed by atoms with E-state index in [2.05, 4.69) is 5.32 Å². The Morgan fingerprint density at radius 1 is 1.50 bits per heavy atom. The first-order chi connectivity index (χ1) is 8.70. The molecule has 0 unspecified atom stereocenters. The van der Waals surface area contributed by atoms with Crippen molar-refractivity contribution in [3.05, 3.63) is 28.3 Å². The molecule has 0 radical (unpaired) electrons. The van der Waals surface area contributed by atoms with Crippen molar-refractivity contribution in [2.45, 2.75) is 18.9 Å². The number of rotatable bonds is 7. The molecule has 1 N–H and O–H groups in total. The summed E-state index contributed by atoms with van der Waals surface area (Å²) >= 11 is 0. The minimum Gasteiger partial charge on any atom is -0.492 e. The molecule has 1 aromatic rings. The number of ether oxygens (including phenoxy) is 2. The van der Waals surface area contributed by atoms with Gasteiger partial charge in [0.15, 0.2) is 5.75 Å². The molecule has 0 amide bonds. The van der Waals surface area contributed by atoms with Crippen molar-refractivity contribution in [1.82, 2.24) is 5.32 Å². The number of nitro groups is 1. The van der Waals surface area contributed by atoms with Crippen LogP contribution in [0.25, 0.3) is 0 Å². The summed E-state index contributed by atoms with van der Waals surface area (Å²) in [5, 5.41) is 14.1. The Morgan fingerprint density at radius 3 is 2.89 bits per heavy atom. The molecular formula is C12H16N2O4. The van der Waals surface area contributed by atoms with E-state index in [1.165, 1.54) is 26.0 Å². The van der Waals surface area contributed by atoms with Crippen LogP contribution in [0.4, 0.5) is 5.69 Å². The molecule has 1 aliphatic carbocycles. The minimum atomic E-state index is -0.478. The van der Waals surface area contributed by atoms with Crippen LogP contribution in [-0.4, -0.2) is 31.2 Å². The van der Waals surface area contributed by atoms with Crippen molar-refractivity contribution in [3.63, 3.8) is 0 Å². The highest BCUT2D eigenvalue weighted by molar-refractivity contribution is 5.50. The Hall–Kier alpha value is -1.82. The summed E-state index contributed by atoms with van der Waals surface area (Å²) in [4.78, 5) is 10.3. The standard InChI is InChI=1S/C12H16N2O4/c1-17-12-5-4-10(8-11(12)14(15)16)18-7-6-13-9-2-3-9/h4-5,8-9,13H,2-3,6-7H2,1H3. The topological polar surface area (TPSA) is 73.6 Å². The van der Waals surface area contributed by atoms with Crippen LogP contribution in [0.15, 0.2) is 18.2 Å². The van der Waals surface area contributed by atoms with Gasteiger partial charge in [-0.15, -0.1) is 0 Å². The molecule has 1 aliphatic rings. The lowest BCUT2D eigenvalue weighted by Crippen LogP contribution is -2.22. The monoisotopic (exact) mass is 252 g/mol. The molecule has 98 valence electrons. The van der Waals surface area contributed by atoms with Gasteiger partial charge in [0.2, 0.25) is 0 Å². The van der Waals surface area contributed by atoms with Gasteiger partial charge in [0.05, 0.1) is 18.1 Å². The van der Waals surface area contributed by atoms with Crippen LogP contribution in [0, 0.1) is 10.1 Å². The third-order valence-corrected chi connectivity index (χ3v) is 2.73. The van der Waals surface area contributed by atoms with Crippen LogP contribution < -0.4 is 14.8 Å². The molecule has 0 saturated heterocycles. The van der Waals surface area contributed by atoms with Crippen LogP contribution in [0.1, 0.15) is 12.8 Å². The average Bonchev–Trinajstić information content (AvgIpc) is 3.18. The zero-order valence-corrected chi connectivity index (χ0v) is 10.2. The molecule has 0 heterocycles. The first-order valence-electron chi connectivity index (χ1n) is 5.89. The molecule has 0 aliphatic heterocycles. The number of hydrogen-bond donors (Lipinski definition) is 1. The molecule has 6 heteroatoms. The predicted molar refractivity (Wildman–Crippen MR) is 66.2 cm³/mol. The van der Waals surface area contributed by atoms with Crippen molar-refractivity contribution >= 4 is 5.69 Å². The molecule has 1 fully saturated rings. The van der Waals surface area contributed by atoms with Crippen LogP contribution in [0.2, 0.25) is 0 Å². The van der Waals surface area contributed by atoms with Crippen LogP contribution in [-0.2, 0) is 0 Å². The van der Waals surface area contributed by atoms with Gasteiger partial charge >= 0.3 is 5.69 Å². The van der Waals surface area contributed by atoms with Gasteiger partial charge < -0.3 is 14.8 Å². The normalized spacial score (nSPS) is 14.3. The van der Waals surface area contributed by atoms with Gasteiger partial charge in [0.25, 0.3) is 0 Å². The Bertz CT molecular complexity index is 432. The van der Waals surface area contributed by atoms with E-state index in [0.717, 1.165) is 6.54 Å². The third-order valence-electron chi connectivity index (χ3n) is 2.73. The number of benzene rings is 1. The number of nitro benzene ring substituents is 1. The second-order valence-electron chi connectivity index (χ2n) is 4.17. The highest BCUT2D eigenvalue weighted by Gasteiger charge is 2.20. The fourth-order valence-electron chi connectivity index (χ4n) is 1.62. The molecule has 0 aromatic heterocycles. The fourth-order valence-corrected chi connectivity index (χ4v) is 1.62. The Labute approximate surface area is 105 Å². The maximum Gasteiger partial charge on any atom is 0.314 e. The van der Waals surface area contributed by atoms with Crippen LogP contribution in [0.5, 0.6) is 11.5 Å². The number of hydrogen-bond acceptors (Lipinski definition) is 5. The molecule has 1 saturated carbocycles. The summed E-state index contributed by atoms with van der Waals surface area (Å²) in [6.07, 6.45) is 2.46. The summed E-state index contributed by atoms with van der Waals surface area (Å²) < 4.78 is 10.4. The second-order valence-corrected chi connectivity index (χ2v) is 4.17. The number of methoxy groups -OCH3 is 1. The van der Waals surface area contributed by atoms with E-state index < -0.39 is 4.92 Å². The first kappa shape index (κ1) is 12.6. The van der Waals surface area contributed by atoms with E-state index in [-0.39, 0.29) is 11.4 Å². The lowest BCUT2D eigenvalue weighted by Gasteiger charge is -2.08. The number of nitrogens with one attached hydrogen (secondary N) is 1. The van der Waals surface area contributed by atoms with Gasteiger partial charge in [-0.1, -0.05) is 0 Å². The van der Waals surface area contributed by atoms with E-state index in [1.807, 2.05) is 0 Å². The van der Waals surface area contributed by atoms with E-state index >= 15 is 0 Å². The number of nitrogens with zero attached hydrogens (tertiary/aromatic N) is 1. The third kappa shape index (κ3) is 3.33. The highest BCUT2D eigenvalue weighted by atomic mass is 16.6. The van der Waals surface area contributed by atoms with Crippen molar-refractivity contribution in [1.29, 1.82) is 0 Å². The Morgan fingerprint density at radius 2 is 2.28 bits per heavy atom.